The van der Waals surface area contributed by atoms with Crippen molar-refractivity contribution in [3.63, 3.8) is 0 Å². The molecule has 0 spiro atoms. The summed E-state index contributed by atoms with van der Waals surface area (Å²) in [5, 5.41) is 55.2. The molecule has 12 atom stereocenters. The highest BCUT2D eigenvalue weighted by atomic mass is 16.7. The van der Waals surface area contributed by atoms with Gasteiger partial charge in [0.15, 0.2) is 6.29 Å². The Morgan fingerprint density at radius 1 is 1.08 bits per heavy atom. The molecular formula is C29H41NO8. The maximum atomic E-state index is 12.4. The molecule has 0 unspecified atom stereocenters. The predicted molar refractivity (Wildman–Crippen MR) is 133 cm³/mol. The van der Waals surface area contributed by atoms with E-state index in [-0.39, 0.29) is 36.2 Å². The van der Waals surface area contributed by atoms with Gasteiger partial charge < -0.3 is 34.6 Å². The molecule has 0 amide bonds. The summed E-state index contributed by atoms with van der Waals surface area (Å²) in [4.78, 5) is 11.8. The topological polar surface area (TPSA) is 149 Å². The number of ether oxygens (including phenoxy) is 3. The SMILES string of the molecule is C[C@H]1O[C@@H](O[C@@H]2CC[C@]3(C#N)[C@H]4CC[C@]5(C)[C@H](C6=CC(=O)OC6)CC[C@]5(O)[C@@H]4CC[C@]3(O)C2)C[C@@H](O)[C@H]1O. The highest BCUT2D eigenvalue weighted by Gasteiger charge is 2.72. The van der Waals surface area contributed by atoms with E-state index >= 15 is 0 Å². The van der Waals surface area contributed by atoms with Crippen molar-refractivity contribution >= 4 is 5.97 Å². The minimum atomic E-state index is -1.24. The summed E-state index contributed by atoms with van der Waals surface area (Å²) in [6.07, 6.45) is 3.63. The monoisotopic (exact) mass is 531 g/mol. The van der Waals surface area contributed by atoms with Gasteiger partial charge in [-0.05, 0) is 81.6 Å². The first-order valence-electron chi connectivity index (χ1n) is 14.4. The molecule has 210 valence electrons. The largest absolute Gasteiger partial charge is 0.458 e. The average Bonchev–Trinajstić information content (AvgIpc) is 3.41. The van der Waals surface area contributed by atoms with Gasteiger partial charge in [-0.25, -0.2) is 4.79 Å². The van der Waals surface area contributed by atoms with E-state index in [0.29, 0.717) is 45.1 Å². The molecule has 2 heterocycles. The van der Waals surface area contributed by atoms with Gasteiger partial charge in [-0.2, -0.15) is 5.26 Å². The molecule has 9 heteroatoms. The van der Waals surface area contributed by atoms with Crippen LogP contribution in [0, 0.1) is 39.9 Å². The van der Waals surface area contributed by atoms with E-state index < -0.39 is 46.6 Å². The Labute approximate surface area is 223 Å². The molecule has 9 nitrogen and oxygen atoms in total. The van der Waals surface area contributed by atoms with Gasteiger partial charge in [0.05, 0.1) is 41.0 Å². The lowest BCUT2D eigenvalue weighted by molar-refractivity contribution is -0.284. The van der Waals surface area contributed by atoms with Crippen molar-refractivity contribution in [2.75, 3.05) is 6.61 Å². The molecule has 4 N–H and O–H groups in total. The van der Waals surface area contributed by atoms with Gasteiger partial charge >= 0.3 is 5.97 Å². The lowest BCUT2D eigenvalue weighted by atomic mass is 9.41. The smallest absolute Gasteiger partial charge is 0.331 e. The van der Waals surface area contributed by atoms with Crippen LogP contribution in [-0.4, -0.2) is 74.9 Å². The fraction of sp³-hybridized carbons (Fsp3) is 0.862. The van der Waals surface area contributed by atoms with Crippen LogP contribution < -0.4 is 0 Å². The van der Waals surface area contributed by atoms with Crippen LogP contribution in [0.3, 0.4) is 0 Å². The Bertz CT molecular complexity index is 1050. The van der Waals surface area contributed by atoms with Crippen molar-refractivity contribution in [3.8, 4) is 6.07 Å². The lowest BCUT2D eigenvalue weighted by Gasteiger charge is -2.64. The maximum absolute atomic E-state index is 12.4. The van der Waals surface area contributed by atoms with Crippen LogP contribution in [0.2, 0.25) is 0 Å². The van der Waals surface area contributed by atoms with Gasteiger partial charge in [0.2, 0.25) is 0 Å². The number of cyclic esters (lactones) is 1. The second-order valence-electron chi connectivity index (χ2n) is 13.2. The molecule has 2 aliphatic heterocycles. The Kier molecular flexibility index (Phi) is 6.31. The number of hydrogen-bond donors (Lipinski definition) is 4. The third kappa shape index (κ3) is 3.60. The molecule has 4 saturated carbocycles. The van der Waals surface area contributed by atoms with E-state index in [1.807, 2.05) is 0 Å². The quantitative estimate of drug-likeness (QED) is 0.317. The molecule has 0 aromatic rings. The van der Waals surface area contributed by atoms with Crippen LogP contribution in [0.4, 0.5) is 0 Å². The van der Waals surface area contributed by atoms with Crippen molar-refractivity contribution in [3.05, 3.63) is 11.6 Å². The minimum absolute atomic E-state index is 0.0784. The van der Waals surface area contributed by atoms with E-state index in [2.05, 4.69) is 13.0 Å². The third-order valence-electron chi connectivity index (χ3n) is 11.8. The molecule has 5 fully saturated rings. The highest BCUT2D eigenvalue weighted by molar-refractivity contribution is 5.85. The Morgan fingerprint density at radius 3 is 2.53 bits per heavy atom. The second kappa shape index (κ2) is 8.98. The number of carbonyl (C=O) groups is 1. The van der Waals surface area contributed by atoms with Crippen LogP contribution >= 0.6 is 0 Å². The van der Waals surface area contributed by atoms with Gasteiger partial charge in [-0.3, -0.25) is 0 Å². The number of esters is 1. The van der Waals surface area contributed by atoms with Crippen LogP contribution in [0.1, 0.15) is 78.1 Å². The number of carbonyl (C=O) groups excluding carboxylic acids is 1. The first-order valence-corrected chi connectivity index (χ1v) is 14.4. The number of aliphatic hydroxyl groups is 4. The van der Waals surface area contributed by atoms with E-state index in [0.717, 1.165) is 24.8 Å². The van der Waals surface area contributed by atoms with Crippen LogP contribution in [0.25, 0.3) is 0 Å². The first kappa shape index (κ1) is 26.7. The van der Waals surface area contributed by atoms with Crippen molar-refractivity contribution in [2.45, 2.75) is 120 Å². The van der Waals surface area contributed by atoms with E-state index in [1.165, 1.54) is 0 Å². The zero-order valence-electron chi connectivity index (χ0n) is 22.3. The number of nitrogens with zero attached hydrogens (tertiary/aromatic N) is 1. The number of hydrogen-bond acceptors (Lipinski definition) is 9. The average molecular weight is 532 g/mol. The van der Waals surface area contributed by atoms with Gasteiger partial charge in [-0.1, -0.05) is 6.92 Å². The minimum Gasteiger partial charge on any atom is -0.458 e. The van der Waals surface area contributed by atoms with E-state index in [4.69, 9.17) is 14.2 Å². The molecule has 38 heavy (non-hydrogen) atoms. The summed E-state index contributed by atoms with van der Waals surface area (Å²) in [5.41, 5.74) is -2.59. The summed E-state index contributed by atoms with van der Waals surface area (Å²) in [6, 6.07) is 2.59. The first-order chi connectivity index (χ1) is 18.0. The molecule has 4 aliphatic carbocycles. The summed E-state index contributed by atoms with van der Waals surface area (Å²) in [6.45, 7) is 4.14. The van der Waals surface area contributed by atoms with Crippen molar-refractivity contribution in [1.29, 1.82) is 5.26 Å². The molecule has 0 aromatic heterocycles. The van der Waals surface area contributed by atoms with Crippen LogP contribution in [0.15, 0.2) is 11.6 Å². The van der Waals surface area contributed by atoms with E-state index in [9.17, 15) is 30.5 Å². The summed E-state index contributed by atoms with van der Waals surface area (Å²) in [5.74, 6) is -0.449. The summed E-state index contributed by atoms with van der Waals surface area (Å²) in [7, 11) is 0. The van der Waals surface area contributed by atoms with Gasteiger partial charge in [0.1, 0.15) is 12.7 Å². The third-order valence-corrected chi connectivity index (χ3v) is 11.8. The normalized spacial score (nSPS) is 54.2. The van der Waals surface area contributed by atoms with Gasteiger partial charge in [0, 0.05) is 24.3 Å². The number of fused-ring (bicyclic) bond motifs is 5. The molecule has 1 saturated heterocycles. The molecule has 6 aliphatic rings. The Hall–Kier alpha value is -1.54. The fourth-order valence-corrected chi connectivity index (χ4v) is 9.69. The number of rotatable bonds is 3. The Balaban J connectivity index is 1.22. The van der Waals surface area contributed by atoms with Crippen LogP contribution in [-0.2, 0) is 19.0 Å². The van der Waals surface area contributed by atoms with E-state index in [1.54, 1.807) is 13.0 Å². The van der Waals surface area contributed by atoms with Crippen molar-refractivity contribution in [1.82, 2.24) is 0 Å². The molecule has 0 bridgehead atoms. The standard InChI is InChI=1S/C29H41NO8/c1-16-25(33)22(31)12-24(37-16)38-18-3-8-27(15-30)20-4-7-26(2)19(17-11-23(32)36-14-17)6-10-29(26,35)21(20)5-9-28(27,34)13-18/h11,16,18-22,24-25,31,33-35H,3-10,12-14H2,1-2H3/t16-,18-,19+,20+,21-,22-,24+,25+,26-,27+,28+,29+/m1/s1. The highest BCUT2D eigenvalue weighted by Crippen LogP contribution is 2.70. The predicted octanol–water partition coefficient (Wildman–Crippen LogP) is 2.10. The Morgan fingerprint density at radius 2 is 1.84 bits per heavy atom. The maximum Gasteiger partial charge on any atom is 0.331 e. The van der Waals surface area contributed by atoms with Gasteiger partial charge in [0.25, 0.3) is 0 Å². The summed E-state index contributed by atoms with van der Waals surface area (Å²) >= 11 is 0. The zero-order chi connectivity index (χ0) is 27.1. The van der Waals surface area contributed by atoms with Crippen LogP contribution in [0.5, 0.6) is 0 Å². The van der Waals surface area contributed by atoms with Crippen molar-refractivity contribution < 1.29 is 39.4 Å². The second-order valence-corrected chi connectivity index (χ2v) is 13.2. The summed E-state index contributed by atoms with van der Waals surface area (Å²) < 4.78 is 17.2. The zero-order valence-corrected chi connectivity index (χ0v) is 22.3. The molecular weight excluding hydrogens is 490 g/mol. The molecule has 0 aromatic carbocycles. The number of aliphatic hydroxyl groups excluding tert-OH is 2. The van der Waals surface area contributed by atoms with Crippen molar-refractivity contribution in [2.24, 2.45) is 28.6 Å². The van der Waals surface area contributed by atoms with Gasteiger partial charge in [-0.15, -0.1) is 0 Å². The lowest BCUT2D eigenvalue weighted by Crippen LogP contribution is -2.68. The molecule has 6 rings (SSSR count). The molecule has 0 radical (unpaired) electrons. The number of nitriles is 1. The fourth-order valence-electron chi connectivity index (χ4n) is 9.69.